The second-order valence-corrected chi connectivity index (χ2v) is 10.4. The molecule has 0 radical (unpaired) electrons. The van der Waals surface area contributed by atoms with E-state index in [1.807, 2.05) is 56.3 Å². The van der Waals surface area contributed by atoms with Crippen molar-refractivity contribution in [1.29, 1.82) is 0 Å². The number of benzene rings is 2. The van der Waals surface area contributed by atoms with E-state index in [1.54, 1.807) is 6.20 Å². The van der Waals surface area contributed by atoms with Crippen molar-refractivity contribution < 1.29 is 0 Å². The van der Waals surface area contributed by atoms with Crippen LogP contribution in [0.3, 0.4) is 0 Å². The van der Waals surface area contributed by atoms with E-state index in [2.05, 4.69) is 55.0 Å². The number of aromatic nitrogens is 3. The molecule has 7 heteroatoms. The highest BCUT2D eigenvalue weighted by Crippen LogP contribution is 2.52. The highest BCUT2D eigenvalue weighted by Gasteiger charge is 2.47. The number of aromatic amines is 1. The molecule has 35 heavy (non-hydrogen) atoms. The summed E-state index contributed by atoms with van der Waals surface area (Å²) in [4.78, 5) is 4.16. The van der Waals surface area contributed by atoms with Crippen LogP contribution in [0.1, 0.15) is 41.5 Å². The van der Waals surface area contributed by atoms with Crippen molar-refractivity contribution in [2.45, 2.75) is 54.2 Å². The Bertz CT molecular complexity index is 1230. The van der Waals surface area contributed by atoms with Crippen LogP contribution < -0.4 is 22.7 Å². The van der Waals surface area contributed by atoms with Crippen LogP contribution in [0.5, 0.6) is 0 Å². The van der Waals surface area contributed by atoms with E-state index < -0.39 is 0 Å². The third-order valence-corrected chi connectivity index (χ3v) is 7.46. The topological polar surface area (TPSA) is 120 Å². The van der Waals surface area contributed by atoms with Gasteiger partial charge in [-0.3, -0.25) is 5.10 Å². The summed E-state index contributed by atoms with van der Waals surface area (Å²) in [5.41, 5.74) is 23.8. The molecular formula is C28H39BN6. The molecule has 0 bridgehead atoms. The number of nitrogens with zero attached hydrogens (tertiary/aromatic N) is 2. The maximum atomic E-state index is 5.86. The fraction of sp³-hybridized carbons (Fsp3) is 0.357. The van der Waals surface area contributed by atoms with Gasteiger partial charge in [-0.1, -0.05) is 83.9 Å². The minimum absolute atomic E-state index is 0.430. The van der Waals surface area contributed by atoms with Crippen LogP contribution in [0.4, 0.5) is 17.2 Å². The van der Waals surface area contributed by atoms with Crippen molar-refractivity contribution in [3.8, 4) is 11.1 Å². The fourth-order valence-corrected chi connectivity index (χ4v) is 4.73. The smallest absolute Gasteiger partial charge is 0.183 e. The van der Waals surface area contributed by atoms with Gasteiger partial charge in [-0.05, 0) is 52.3 Å². The predicted molar refractivity (Wildman–Crippen MR) is 153 cm³/mol. The van der Waals surface area contributed by atoms with Gasteiger partial charge in [0, 0.05) is 17.6 Å². The summed E-state index contributed by atoms with van der Waals surface area (Å²) in [6, 6.07) is 18.0. The van der Waals surface area contributed by atoms with Gasteiger partial charge >= 0.3 is 0 Å². The Hall–Kier alpha value is -3.48. The van der Waals surface area contributed by atoms with Crippen molar-refractivity contribution in [1.82, 2.24) is 15.2 Å². The molecule has 0 unspecified atom stereocenters. The molecular weight excluding hydrogens is 431 g/mol. The second-order valence-electron chi connectivity index (χ2n) is 10.4. The Morgan fingerprint density at radius 2 is 1.29 bits per heavy atom. The number of nitrogens with one attached hydrogen (secondary N) is 1. The average molecular weight is 470 g/mol. The molecule has 0 spiro atoms. The summed E-state index contributed by atoms with van der Waals surface area (Å²) in [6.07, 6.45) is 4.28. The molecule has 3 heterocycles. The highest BCUT2D eigenvalue weighted by molar-refractivity contribution is 6.74. The summed E-state index contributed by atoms with van der Waals surface area (Å²) < 4.78 is 0. The van der Waals surface area contributed by atoms with E-state index in [0.29, 0.717) is 29.0 Å². The number of anilines is 3. The van der Waals surface area contributed by atoms with E-state index in [1.165, 1.54) is 18.1 Å². The van der Waals surface area contributed by atoms with Crippen LogP contribution in [0.2, 0.25) is 12.6 Å². The third-order valence-electron chi connectivity index (χ3n) is 7.46. The average Bonchev–Trinajstić information content (AvgIpc) is 3.32. The first-order valence-corrected chi connectivity index (χ1v) is 12.4. The maximum Gasteiger partial charge on any atom is 0.183 e. The Kier molecular flexibility index (Phi) is 7.78. The molecule has 1 saturated heterocycles. The first kappa shape index (κ1) is 26.1. The number of hydrogen-bond donors (Lipinski definition) is 4. The number of pyridine rings is 1. The van der Waals surface area contributed by atoms with Gasteiger partial charge in [0.1, 0.15) is 5.82 Å². The van der Waals surface area contributed by atoms with Gasteiger partial charge in [0.2, 0.25) is 0 Å². The Balaban J connectivity index is 0.000000183. The zero-order valence-electron chi connectivity index (χ0n) is 21.9. The summed E-state index contributed by atoms with van der Waals surface area (Å²) in [7, 11) is 0. The number of hydrogen-bond acceptors (Lipinski definition) is 5. The molecule has 0 atom stereocenters. The van der Waals surface area contributed by atoms with Crippen LogP contribution in [0, 0.1) is 10.8 Å². The van der Waals surface area contributed by atoms with E-state index in [4.69, 9.17) is 17.2 Å². The molecule has 1 fully saturated rings. The lowest BCUT2D eigenvalue weighted by molar-refractivity contribution is 0.177. The fourth-order valence-electron chi connectivity index (χ4n) is 4.73. The zero-order chi connectivity index (χ0) is 25.8. The first-order chi connectivity index (χ1) is 16.6. The highest BCUT2D eigenvalue weighted by atomic mass is 15.2. The number of fused-ring (bicyclic) bond motifs is 1. The van der Waals surface area contributed by atoms with Crippen LogP contribution >= 0.6 is 0 Å². The molecule has 2 aromatic heterocycles. The van der Waals surface area contributed by atoms with Crippen molar-refractivity contribution in [3.63, 3.8) is 0 Å². The molecule has 1 aliphatic rings. The van der Waals surface area contributed by atoms with Crippen LogP contribution in [-0.2, 0) is 0 Å². The standard InChI is InChI=1S/C14H22BN.C12H11N5.C2H6/c1-13(2)9-15(10-14(13,3)4)11-5-7-12(16)8-6-11;13-8-3-1-7(2-4-8)9-5-6-15-12-10(9)11(14)16-17-12;1-2/h5-8H,9-10,16H2,1-4H3;1-6H,13H2,(H3,14,15,16,17);1-2H3. The minimum Gasteiger partial charge on any atom is -0.399 e. The van der Waals surface area contributed by atoms with Crippen LogP contribution in [-0.4, -0.2) is 21.9 Å². The summed E-state index contributed by atoms with van der Waals surface area (Å²) in [5.74, 6) is 0.528. The van der Waals surface area contributed by atoms with Crippen LogP contribution in [0.25, 0.3) is 22.2 Å². The quantitative estimate of drug-likeness (QED) is 0.216. The monoisotopic (exact) mass is 470 g/mol. The van der Waals surface area contributed by atoms with Gasteiger partial charge in [0.05, 0.1) is 5.39 Å². The normalized spacial score (nSPS) is 15.7. The molecule has 7 N–H and O–H groups in total. The molecule has 4 aromatic rings. The SMILES string of the molecule is CC.CC1(C)CB(c2ccc(N)cc2)CC1(C)C.Nc1ccc(-c2ccnc3n[nH]c(N)c23)cc1. The van der Waals surface area contributed by atoms with Crippen molar-refractivity contribution >= 4 is 40.4 Å². The summed E-state index contributed by atoms with van der Waals surface area (Å²) in [5, 5.41) is 7.62. The van der Waals surface area contributed by atoms with Gasteiger partial charge in [0.15, 0.2) is 12.4 Å². The number of nitrogens with two attached hydrogens (primary N) is 3. The molecule has 184 valence electrons. The Morgan fingerprint density at radius 1 is 0.771 bits per heavy atom. The maximum absolute atomic E-state index is 5.86. The van der Waals surface area contributed by atoms with E-state index >= 15 is 0 Å². The zero-order valence-corrected chi connectivity index (χ0v) is 21.9. The van der Waals surface area contributed by atoms with Gasteiger partial charge in [0.25, 0.3) is 0 Å². The molecule has 0 amide bonds. The van der Waals surface area contributed by atoms with E-state index in [-0.39, 0.29) is 0 Å². The minimum atomic E-state index is 0.430. The molecule has 0 aliphatic carbocycles. The van der Waals surface area contributed by atoms with Gasteiger partial charge < -0.3 is 17.2 Å². The van der Waals surface area contributed by atoms with Crippen molar-refractivity contribution in [2.75, 3.05) is 17.2 Å². The number of rotatable bonds is 2. The van der Waals surface area contributed by atoms with Crippen molar-refractivity contribution in [3.05, 3.63) is 60.8 Å². The number of nitrogen functional groups attached to an aromatic ring is 3. The first-order valence-electron chi connectivity index (χ1n) is 12.4. The van der Waals surface area contributed by atoms with Gasteiger partial charge in [-0.25, -0.2) is 4.98 Å². The van der Waals surface area contributed by atoms with Gasteiger partial charge in [-0.2, -0.15) is 5.10 Å². The largest absolute Gasteiger partial charge is 0.399 e. The third kappa shape index (κ3) is 5.61. The summed E-state index contributed by atoms with van der Waals surface area (Å²) >= 11 is 0. The lowest BCUT2D eigenvalue weighted by Gasteiger charge is -2.35. The predicted octanol–water partition coefficient (Wildman–Crippen LogP) is 5.85. The molecule has 5 rings (SSSR count). The second kappa shape index (κ2) is 10.4. The molecule has 2 aromatic carbocycles. The van der Waals surface area contributed by atoms with Crippen molar-refractivity contribution in [2.24, 2.45) is 10.8 Å². The molecule has 0 saturated carbocycles. The summed E-state index contributed by atoms with van der Waals surface area (Å²) in [6.45, 7) is 14.3. The van der Waals surface area contributed by atoms with Crippen LogP contribution in [0.15, 0.2) is 60.8 Å². The Labute approximate surface area is 209 Å². The number of H-pyrrole nitrogens is 1. The lowest BCUT2D eigenvalue weighted by Crippen LogP contribution is -2.27. The molecule has 6 nitrogen and oxygen atoms in total. The van der Waals surface area contributed by atoms with E-state index in [9.17, 15) is 0 Å². The lowest BCUT2D eigenvalue weighted by atomic mass is 9.42. The van der Waals surface area contributed by atoms with E-state index in [0.717, 1.165) is 27.9 Å². The van der Waals surface area contributed by atoms with Gasteiger partial charge in [-0.15, -0.1) is 0 Å². The molecule has 1 aliphatic heterocycles. The Morgan fingerprint density at radius 3 is 1.83 bits per heavy atom.